The fourth-order valence-corrected chi connectivity index (χ4v) is 1.53. The van der Waals surface area contributed by atoms with E-state index in [2.05, 4.69) is 0 Å². The van der Waals surface area contributed by atoms with Crippen LogP contribution in [0.3, 0.4) is 0 Å². The Labute approximate surface area is 106 Å². The van der Waals surface area contributed by atoms with E-state index in [4.69, 9.17) is 17.3 Å². The van der Waals surface area contributed by atoms with Crippen molar-refractivity contribution in [1.82, 2.24) is 0 Å². The van der Waals surface area contributed by atoms with E-state index >= 15 is 0 Å². The number of alkyl halides is 3. The normalized spacial score (nSPS) is 13.4. The molecule has 0 spiro atoms. The number of hydrogen-bond acceptors (Lipinski definition) is 3. The maximum Gasteiger partial charge on any atom is 0.403 e. The van der Waals surface area contributed by atoms with Crippen molar-refractivity contribution in [3.8, 4) is 0 Å². The van der Waals surface area contributed by atoms with Gasteiger partial charge < -0.3 is 5.73 Å². The van der Waals surface area contributed by atoms with Gasteiger partial charge in [0.25, 0.3) is 5.69 Å². The Balaban J connectivity index is 2.75. The molecular weight excluding hydrogens is 273 g/mol. The Kier molecular flexibility index (Phi) is 4.53. The summed E-state index contributed by atoms with van der Waals surface area (Å²) in [5.74, 6) is 0. The van der Waals surface area contributed by atoms with Crippen LogP contribution < -0.4 is 5.73 Å². The first kappa shape index (κ1) is 14.7. The molecule has 0 aliphatic carbocycles. The molecule has 2 N–H and O–H groups in total. The van der Waals surface area contributed by atoms with Crippen molar-refractivity contribution >= 4 is 17.3 Å². The molecule has 0 saturated carbocycles. The minimum atomic E-state index is -4.46. The highest BCUT2D eigenvalue weighted by molar-refractivity contribution is 6.32. The molecule has 18 heavy (non-hydrogen) atoms. The fourth-order valence-electron chi connectivity index (χ4n) is 1.34. The van der Waals surface area contributed by atoms with Crippen LogP contribution in [-0.2, 0) is 6.42 Å². The van der Waals surface area contributed by atoms with Gasteiger partial charge >= 0.3 is 6.18 Å². The summed E-state index contributed by atoms with van der Waals surface area (Å²) in [5.41, 5.74) is 5.01. The van der Waals surface area contributed by atoms with Crippen molar-refractivity contribution in [3.05, 3.63) is 38.9 Å². The quantitative estimate of drug-likeness (QED) is 0.681. The Morgan fingerprint density at radius 3 is 2.56 bits per heavy atom. The molecule has 4 nitrogen and oxygen atoms in total. The highest BCUT2D eigenvalue weighted by Gasteiger charge is 2.36. The monoisotopic (exact) mass is 282 g/mol. The SMILES string of the molecule is NC(CCc1ccc(Cl)c([N+](=O)[O-])c1)C(F)(F)F. The van der Waals surface area contributed by atoms with E-state index < -0.39 is 17.1 Å². The summed E-state index contributed by atoms with van der Waals surface area (Å²) >= 11 is 5.58. The molecule has 1 rings (SSSR count). The van der Waals surface area contributed by atoms with Crippen LogP contribution >= 0.6 is 11.6 Å². The first-order valence-corrected chi connectivity index (χ1v) is 5.34. The maximum atomic E-state index is 12.2. The summed E-state index contributed by atoms with van der Waals surface area (Å²) in [5, 5.41) is 10.5. The zero-order valence-corrected chi connectivity index (χ0v) is 9.83. The largest absolute Gasteiger partial charge is 0.403 e. The Morgan fingerprint density at radius 1 is 1.44 bits per heavy atom. The molecule has 0 aromatic heterocycles. The minimum Gasteiger partial charge on any atom is -0.320 e. The maximum absolute atomic E-state index is 12.2. The van der Waals surface area contributed by atoms with Crippen LogP contribution in [-0.4, -0.2) is 17.1 Å². The Hall–Kier alpha value is -1.34. The van der Waals surface area contributed by atoms with Gasteiger partial charge in [0, 0.05) is 6.07 Å². The van der Waals surface area contributed by atoms with E-state index in [1.807, 2.05) is 0 Å². The number of rotatable bonds is 4. The number of nitro benzene ring substituents is 1. The highest BCUT2D eigenvalue weighted by atomic mass is 35.5. The molecular formula is C10H10ClF3N2O2. The van der Waals surface area contributed by atoms with Crippen molar-refractivity contribution in [2.75, 3.05) is 0 Å². The molecule has 1 aromatic carbocycles. The lowest BCUT2D eigenvalue weighted by Gasteiger charge is -2.15. The molecule has 0 amide bonds. The Bertz CT molecular complexity index is 451. The smallest absolute Gasteiger partial charge is 0.320 e. The number of nitrogens with zero attached hydrogens (tertiary/aromatic N) is 1. The second-order valence-corrected chi connectivity index (χ2v) is 4.14. The number of nitro groups is 1. The van der Waals surface area contributed by atoms with Crippen molar-refractivity contribution in [2.45, 2.75) is 25.1 Å². The minimum absolute atomic E-state index is 0.00130. The molecule has 1 unspecified atom stereocenters. The highest BCUT2D eigenvalue weighted by Crippen LogP contribution is 2.27. The number of aryl methyl sites for hydroxylation is 1. The molecule has 0 bridgehead atoms. The van der Waals surface area contributed by atoms with Crippen LogP contribution in [0.5, 0.6) is 0 Å². The van der Waals surface area contributed by atoms with Gasteiger partial charge in [0.15, 0.2) is 0 Å². The van der Waals surface area contributed by atoms with Crippen molar-refractivity contribution in [1.29, 1.82) is 0 Å². The van der Waals surface area contributed by atoms with Gasteiger partial charge in [-0.3, -0.25) is 10.1 Å². The van der Waals surface area contributed by atoms with Gasteiger partial charge in [-0.1, -0.05) is 17.7 Å². The zero-order chi connectivity index (χ0) is 13.9. The number of hydrogen-bond donors (Lipinski definition) is 1. The number of halogens is 4. The van der Waals surface area contributed by atoms with E-state index in [1.165, 1.54) is 12.1 Å². The van der Waals surface area contributed by atoms with E-state index in [0.717, 1.165) is 6.07 Å². The third-order valence-electron chi connectivity index (χ3n) is 2.37. The molecule has 100 valence electrons. The summed E-state index contributed by atoms with van der Waals surface area (Å²) in [6, 6.07) is 1.95. The molecule has 0 radical (unpaired) electrons. The van der Waals surface area contributed by atoms with Crippen LogP contribution in [0.15, 0.2) is 18.2 Å². The first-order valence-electron chi connectivity index (χ1n) is 4.97. The summed E-state index contributed by atoms with van der Waals surface area (Å²) < 4.78 is 36.5. The summed E-state index contributed by atoms with van der Waals surface area (Å²) in [7, 11) is 0. The van der Waals surface area contributed by atoms with Crippen molar-refractivity contribution in [2.24, 2.45) is 5.73 Å². The van der Waals surface area contributed by atoms with E-state index in [0.29, 0.717) is 5.56 Å². The average molecular weight is 283 g/mol. The molecule has 1 atom stereocenters. The van der Waals surface area contributed by atoms with Gasteiger partial charge in [-0.25, -0.2) is 0 Å². The second kappa shape index (κ2) is 5.53. The Morgan fingerprint density at radius 2 is 2.06 bits per heavy atom. The van der Waals surface area contributed by atoms with Crippen LogP contribution in [0.2, 0.25) is 5.02 Å². The van der Waals surface area contributed by atoms with E-state index in [1.54, 1.807) is 0 Å². The van der Waals surface area contributed by atoms with Crippen molar-refractivity contribution < 1.29 is 18.1 Å². The summed E-state index contributed by atoms with van der Waals surface area (Å²) in [6.45, 7) is 0. The van der Waals surface area contributed by atoms with Gasteiger partial charge in [-0.2, -0.15) is 13.2 Å². The van der Waals surface area contributed by atoms with Crippen LogP contribution in [0.4, 0.5) is 18.9 Å². The molecule has 0 aliphatic rings. The number of benzene rings is 1. The van der Waals surface area contributed by atoms with Gasteiger partial charge in [0.05, 0.1) is 4.92 Å². The second-order valence-electron chi connectivity index (χ2n) is 3.73. The molecule has 0 fully saturated rings. The number of nitrogens with two attached hydrogens (primary N) is 1. The van der Waals surface area contributed by atoms with Gasteiger partial charge in [0.1, 0.15) is 11.1 Å². The fraction of sp³-hybridized carbons (Fsp3) is 0.400. The molecule has 0 saturated heterocycles. The van der Waals surface area contributed by atoms with Crippen LogP contribution in [0.25, 0.3) is 0 Å². The molecule has 0 aliphatic heterocycles. The zero-order valence-electron chi connectivity index (χ0n) is 9.08. The third kappa shape index (κ3) is 3.85. The van der Waals surface area contributed by atoms with Gasteiger partial charge in [-0.15, -0.1) is 0 Å². The first-order chi connectivity index (χ1) is 8.21. The lowest BCUT2D eigenvalue weighted by Crippen LogP contribution is -2.37. The summed E-state index contributed by atoms with van der Waals surface area (Å²) in [4.78, 5) is 9.90. The van der Waals surface area contributed by atoms with E-state index in [-0.39, 0.29) is 23.6 Å². The topological polar surface area (TPSA) is 69.2 Å². The molecule has 0 heterocycles. The van der Waals surface area contributed by atoms with Gasteiger partial charge in [-0.05, 0) is 24.5 Å². The average Bonchev–Trinajstić information content (AvgIpc) is 2.25. The van der Waals surface area contributed by atoms with Crippen LogP contribution in [0, 0.1) is 10.1 Å². The predicted octanol–water partition coefficient (Wildman–Crippen LogP) is 3.07. The van der Waals surface area contributed by atoms with Gasteiger partial charge in [0.2, 0.25) is 0 Å². The van der Waals surface area contributed by atoms with E-state index in [9.17, 15) is 23.3 Å². The van der Waals surface area contributed by atoms with Crippen molar-refractivity contribution in [3.63, 3.8) is 0 Å². The standard InChI is InChI=1S/C10H10ClF3N2O2/c11-7-3-1-6(5-8(7)16(17)18)2-4-9(15)10(12,13)14/h1,3,5,9H,2,4,15H2. The molecule has 8 heteroatoms. The van der Waals surface area contributed by atoms with Crippen LogP contribution in [0.1, 0.15) is 12.0 Å². The third-order valence-corrected chi connectivity index (χ3v) is 2.69. The predicted molar refractivity (Wildman–Crippen MR) is 60.5 cm³/mol. The summed E-state index contributed by atoms with van der Waals surface area (Å²) in [6.07, 6.45) is -4.79. The lowest BCUT2D eigenvalue weighted by atomic mass is 10.0. The molecule has 1 aromatic rings. The lowest BCUT2D eigenvalue weighted by molar-refractivity contribution is -0.384.